The molecule has 8 heteroatoms. The average Bonchev–Trinajstić information content (AvgIpc) is 2.77. The maximum atomic E-state index is 12.4. The van der Waals surface area contributed by atoms with Crippen LogP contribution < -0.4 is 11.1 Å². The van der Waals surface area contributed by atoms with Gasteiger partial charge in [-0.05, 0) is 24.3 Å². The van der Waals surface area contributed by atoms with E-state index in [1.807, 2.05) is 0 Å². The molecular formula is C11H9F3N4O. The van der Waals surface area contributed by atoms with Crippen LogP contribution in [0.3, 0.4) is 0 Å². The number of carbonyl (C=O) groups is 1. The molecule has 1 heterocycles. The Bertz CT molecular complexity index is 589. The molecule has 0 bridgehead atoms. The molecule has 1 amide bonds. The zero-order valence-electron chi connectivity index (χ0n) is 9.45. The first-order chi connectivity index (χ1) is 8.88. The summed E-state index contributed by atoms with van der Waals surface area (Å²) in [5.74, 6) is -0.532. The van der Waals surface area contributed by atoms with Gasteiger partial charge in [-0.3, -0.25) is 9.89 Å². The second-order valence-corrected chi connectivity index (χ2v) is 3.71. The van der Waals surface area contributed by atoms with Crippen molar-refractivity contribution in [2.75, 3.05) is 5.32 Å². The van der Waals surface area contributed by atoms with E-state index in [0.29, 0.717) is 5.69 Å². The van der Waals surface area contributed by atoms with Crippen molar-refractivity contribution in [1.82, 2.24) is 10.2 Å². The predicted octanol–water partition coefficient (Wildman–Crippen LogP) is 2.27. The molecule has 0 aliphatic carbocycles. The van der Waals surface area contributed by atoms with Crippen LogP contribution in [0.25, 0.3) is 0 Å². The first kappa shape index (κ1) is 12.9. The smallest absolute Gasteiger partial charge is 0.365 e. The van der Waals surface area contributed by atoms with Crippen LogP contribution in [0.2, 0.25) is 0 Å². The van der Waals surface area contributed by atoms with E-state index < -0.39 is 17.6 Å². The zero-order valence-corrected chi connectivity index (χ0v) is 9.45. The summed E-state index contributed by atoms with van der Waals surface area (Å²) in [6.07, 6.45) is -3.09. The van der Waals surface area contributed by atoms with Gasteiger partial charge in [0, 0.05) is 11.9 Å². The lowest BCUT2D eigenvalue weighted by atomic mass is 10.2. The molecule has 0 fully saturated rings. The van der Waals surface area contributed by atoms with E-state index in [4.69, 9.17) is 5.73 Å². The molecule has 0 saturated heterocycles. The Morgan fingerprint density at radius 1 is 1.26 bits per heavy atom. The predicted molar refractivity (Wildman–Crippen MR) is 61.8 cm³/mol. The van der Waals surface area contributed by atoms with E-state index in [9.17, 15) is 18.0 Å². The summed E-state index contributed by atoms with van der Waals surface area (Å²) in [7, 11) is 0. The SMILES string of the molecule is NC(=O)c1c[nH]nc1Nc1ccc(C(F)(F)F)cc1. The Labute approximate surface area is 105 Å². The summed E-state index contributed by atoms with van der Waals surface area (Å²) in [5, 5.41) is 8.89. The van der Waals surface area contributed by atoms with Gasteiger partial charge in [0.15, 0.2) is 5.82 Å². The number of benzene rings is 1. The minimum atomic E-state index is -4.39. The maximum absolute atomic E-state index is 12.4. The number of nitrogens with zero attached hydrogens (tertiary/aromatic N) is 1. The molecule has 0 atom stereocenters. The first-order valence-corrected chi connectivity index (χ1v) is 5.16. The minimum Gasteiger partial charge on any atom is -0.365 e. The summed E-state index contributed by atoms with van der Waals surface area (Å²) in [4.78, 5) is 11.0. The number of H-pyrrole nitrogens is 1. The Morgan fingerprint density at radius 2 is 1.89 bits per heavy atom. The molecule has 19 heavy (non-hydrogen) atoms. The van der Waals surface area contributed by atoms with Gasteiger partial charge < -0.3 is 11.1 Å². The molecular weight excluding hydrogens is 261 g/mol. The molecule has 2 aromatic rings. The van der Waals surface area contributed by atoms with Crippen molar-refractivity contribution in [3.05, 3.63) is 41.6 Å². The van der Waals surface area contributed by atoms with Crippen LogP contribution >= 0.6 is 0 Å². The molecule has 2 rings (SSSR count). The lowest BCUT2D eigenvalue weighted by Gasteiger charge is -2.08. The minimum absolute atomic E-state index is 0.125. The van der Waals surface area contributed by atoms with Gasteiger partial charge in [-0.15, -0.1) is 0 Å². The van der Waals surface area contributed by atoms with Crippen LogP contribution in [0.1, 0.15) is 15.9 Å². The second-order valence-electron chi connectivity index (χ2n) is 3.71. The number of hydrogen-bond donors (Lipinski definition) is 3. The molecule has 1 aromatic carbocycles. The van der Waals surface area contributed by atoms with Crippen molar-refractivity contribution in [2.24, 2.45) is 5.73 Å². The monoisotopic (exact) mass is 270 g/mol. The zero-order chi connectivity index (χ0) is 14.0. The molecule has 0 spiro atoms. The third kappa shape index (κ3) is 2.84. The van der Waals surface area contributed by atoms with E-state index >= 15 is 0 Å². The summed E-state index contributed by atoms with van der Waals surface area (Å²) in [6, 6.07) is 4.34. The molecule has 5 nitrogen and oxygen atoms in total. The number of carbonyl (C=O) groups excluding carboxylic acids is 1. The molecule has 0 saturated carbocycles. The first-order valence-electron chi connectivity index (χ1n) is 5.16. The van der Waals surface area contributed by atoms with E-state index in [2.05, 4.69) is 15.5 Å². The number of nitrogens with two attached hydrogens (primary N) is 1. The largest absolute Gasteiger partial charge is 0.416 e. The van der Waals surface area contributed by atoms with Crippen LogP contribution in [0.15, 0.2) is 30.5 Å². The third-order valence-corrected chi connectivity index (χ3v) is 2.38. The highest BCUT2D eigenvalue weighted by atomic mass is 19.4. The summed E-state index contributed by atoms with van der Waals surface area (Å²) in [5.41, 5.74) is 4.84. The summed E-state index contributed by atoms with van der Waals surface area (Å²) < 4.78 is 37.1. The maximum Gasteiger partial charge on any atom is 0.416 e. The van der Waals surface area contributed by atoms with Gasteiger partial charge in [-0.2, -0.15) is 18.3 Å². The van der Waals surface area contributed by atoms with E-state index in [1.54, 1.807) is 0 Å². The van der Waals surface area contributed by atoms with Crippen LogP contribution in [0, 0.1) is 0 Å². The normalized spacial score (nSPS) is 11.3. The lowest BCUT2D eigenvalue weighted by molar-refractivity contribution is -0.137. The molecule has 0 unspecified atom stereocenters. The van der Waals surface area contributed by atoms with Crippen molar-refractivity contribution in [3.8, 4) is 0 Å². The van der Waals surface area contributed by atoms with E-state index in [0.717, 1.165) is 12.1 Å². The van der Waals surface area contributed by atoms with Crippen molar-refractivity contribution >= 4 is 17.4 Å². The summed E-state index contributed by atoms with van der Waals surface area (Å²) >= 11 is 0. The highest BCUT2D eigenvalue weighted by molar-refractivity contribution is 5.97. The fraction of sp³-hybridized carbons (Fsp3) is 0.0909. The van der Waals surface area contributed by atoms with Crippen molar-refractivity contribution in [1.29, 1.82) is 0 Å². The Hall–Kier alpha value is -2.51. The standard InChI is InChI=1S/C11H9F3N4O/c12-11(13,14)6-1-3-7(4-2-6)17-10-8(9(15)19)5-16-18-10/h1-5H,(H2,15,19)(H2,16,17,18). The lowest BCUT2D eigenvalue weighted by Crippen LogP contribution is -2.12. The van der Waals surface area contributed by atoms with Crippen LogP contribution in [0.4, 0.5) is 24.7 Å². The van der Waals surface area contributed by atoms with Gasteiger partial charge >= 0.3 is 6.18 Å². The van der Waals surface area contributed by atoms with Crippen molar-refractivity contribution in [3.63, 3.8) is 0 Å². The van der Waals surface area contributed by atoms with Gasteiger partial charge in [0.1, 0.15) is 5.56 Å². The number of primary amides is 1. The van der Waals surface area contributed by atoms with E-state index in [-0.39, 0.29) is 11.4 Å². The van der Waals surface area contributed by atoms with Crippen LogP contribution in [-0.2, 0) is 6.18 Å². The fourth-order valence-corrected chi connectivity index (χ4v) is 1.45. The van der Waals surface area contributed by atoms with Gasteiger partial charge in [0.25, 0.3) is 5.91 Å². The van der Waals surface area contributed by atoms with Crippen LogP contribution in [-0.4, -0.2) is 16.1 Å². The highest BCUT2D eigenvalue weighted by Crippen LogP contribution is 2.30. The second kappa shape index (κ2) is 4.63. The number of hydrogen-bond acceptors (Lipinski definition) is 3. The number of rotatable bonds is 3. The number of anilines is 2. The van der Waals surface area contributed by atoms with Crippen LogP contribution in [0.5, 0.6) is 0 Å². The number of aromatic amines is 1. The summed E-state index contributed by atoms with van der Waals surface area (Å²) in [6.45, 7) is 0. The molecule has 0 aliphatic rings. The highest BCUT2D eigenvalue weighted by Gasteiger charge is 2.29. The number of amides is 1. The molecule has 0 radical (unpaired) electrons. The van der Waals surface area contributed by atoms with Gasteiger partial charge in [-0.25, -0.2) is 0 Å². The Kier molecular flexibility index (Phi) is 3.16. The van der Waals surface area contributed by atoms with Gasteiger partial charge in [0.2, 0.25) is 0 Å². The number of nitrogens with one attached hydrogen (secondary N) is 2. The topological polar surface area (TPSA) is 83.8 Å². The molecule has 0 aliphatic heterocycles. The Balaban J connectivity index is 2.20. The fourth-order valence-electron chi connectivity index (χ4n) is 1.45. The van der Waals surface area contributed by atoms with Gasteiger partial charge in [-0.1, -0.05) is 0 Å². The molecule has 1 aromatic heterocycles. The third-order valence-electron chi connectivity index (χ3n) is 2.38. The quantitative estimate of drug-likeness (QED) is 0.800. The Morgan fingerprint density at radius 3 is 2.42 bits per heavy atom. The van der Waals surface area contributed by atoms with Gasteiger partial charge in [0.05, 0.1) is 5.56 Å². The number of halogens is 3. The number of aromatic nitrogens is 2. The van der Waals surface area contributed by atoms with E-state index in [1.165, 1.54) is 18.3 Å². The molecule has 4 N–H and O–H groups in total. The van der Waals surface area contributed by atoms with Crippen molar-refractivity contribution in [2.45, 2.75) is 6.18 Å². The average molecular weight is 270 g/mol. The van der Waals surface area contributed by atoms with Crippen molar-refractivity contribution < 1.29 is 18.0 Å². The number of alkyl halides is 3. The molecule has 100 valence electrons.